The van der Waals surface area contributed by atoms with Gasteiger partial charge in [-0.2, -0.15) is 5.26 Å². The number of methoxy groups -OCH3 is 2. The Morgan fingerprint density at radius 3 is 2.40 bits per heavy atom. The molecule has 1 aromatic carbocycles. The van der Waals surface area contributed by atoms with Gasteiger partial charge in [-0.05, 0) is 24.7 Å². The highest BCUT2D eigenvalue weighted by molar-refractivity contribution is 5.44. The van der Waals surface area contributed by atoms with E-state index in [1.165, 1.54) is 0 Å². The van der Waals surface area contributed by atoms with Crippen LogP contribution in [0.4, 0.5) is 0 Å². The third-order valence-electron chi connectivity index (χ3n) is 2.16. The summed E-state index contributed by atoms with van der Waals surface area (Å²) in [7, 11) is 4.89. The fourth-order valence-electron chi connectivity index (χ4n) is 1.34. The van der Waals surface area contributed by atoms with E-state index in [2.05, 4.69) is 11.4 Å². The number of hydrogen-bond donors (Lipinski definition) is 1. The van der Waals surface area contributed by atoms with Crippen LogP contribution in [0.5, 0.6) is 11.5 Å². The van der Waals surface area contributed by atoms with Crippen molar-refractivity contribution in [3.05, 3.63) is 23.8 Å². The van der Waals surface area contributed by atoms with Crippen molar-refractivity contribution in [2.24, 2.45) is 0 Å². The quantitative estimate of drug-likeness (QED) is 0.810. The van der Waals surface area contributed by atoms with Crippen molar-refractivity contribution >= 4 is 0 Å². The Balaban J connectivity index is 3.08. The summed E-state index contributed by atoms with van der Waals surface area (Å²) in [5, 5.41) is 11.8. The Hall–Kier alpha value is -1.73. The van der Waals surface area contributed by atoms with E-state index in [4.69, 9.17) is 14.7 Å². The maximum absolute atomic E-state index is 8.88. The lowest BCUT2D eigenvalue weighted by molar-refractivity contribution is 0.354. The molecule has 0 aliphatic rings. The van der Waals surface area contributed by atoms with Crippen molar-refractivity contribution in [1.82, 2.24) is 5.32 Å². The SMILES string of the molecule is CNC(C#N)c1ccc(OC)c(OC)c1. The van der Waals surface area contributed by atoms with Crippen LogP contribution in [-0.2, 0) is 0 Å². The van der Waals surface area contributed by atoms with Crippen molar-refractivity contribution in [3.8, 4) is 17.6 Å². The second-order valence-electron chi connectivity index (χ2n) is 2.97. The third kappa shape index (κ3) is 2.39. The van der Waals surface area contributed by atoms with E-state index in [1.54, 1.807) is 33.4 Å². The van der Waals surface area contributed by atoms with E-state index in [0.717, 1.165) is 5.56 Å². The molecule has 15 heavy (non-hydrogen) atoms. The summed E-state index contributed by atoms with van der Waals surface area (Å²) in [5.41, 5.74) is 0.859. The van der Waals surface area contributed by atoms with Gasteiger partial charge in [0.2, 0.25) is 0 Å². The molecule has 0 saturated carbocycles. The molecule has 1 N–H and O–H groups in total. The van der Waals surface area contributed by atoms with E-state index < -0.39 is 0 Å². The normalized spacial score (nSPS) is 11.6. The Labute approximate surface area is 89.4 Å². The third-order valence-corrected chi connectivity index (χ3v) is 2.16. The number of rotatable bonds is 4. The van der Waals surface area contributed by atoms with Gasteiger partial charge in [-0.1, -0.05) is 6.07 Å². The summed E-state index contributed by atoms with van der Waals surface area (Å²) < 4.78 is 10.3. The molecule has 1 atom stereocenters. The van der Waals surface area contributed by atoms with Crippen LogP contribution < -0.4 is 14.8 Å². The first-order valence-electron chi connectivity index (χ1n) is 4.55. The summed E-state index contributed by atoms with van der Waals surface area (Å²) in [4.78, 5) is 0. The zero-order chi connectivity index (χ0) is 11.3. The highest BCUT2D eigenvalue weighted by atomic mass is 16.5. The van der Waals surface area contributed by atoms with Gasteiger partial charge in [0.1, 0.15) is 6.04 Å². The largest absolute Gasteiger partial charge is 0.493 e. The van der Waals surface area contributed by atoms with Crippen molar-refractivity contribution in [2.45, 2.75) is 6.04 Å². The van der Waals surface area contributed by atoms with E-state index in [-0.39, 0.29) is 6.04 Å². The minimum atomic E-state index is -0.329. The van der Waals surface area contributed by atoms with Crippen LogP contribution >= 0.6 is 0 Å². The molecule has 0 bridgehead atoms. The summed E-state index contributed by atoms with van der Waals surface area (Å²) in [5.74, 6) is 1.29. The average molecular weight is 206 g/mol. The van der Waals surface area contributed by atoms with E-state index >= 15 is 0 Å². The standard InChI is InChI=1S/C11H14N2O2/c1-13-9(7-12)8-4-5-10(14-2)11(6-8)15-3/h4-6,9,13H,1-3H3. The van der Waals surface area contributed by atoms with Crippen LogP contribution in [0, 0.1) is 11.3 Å². The van der Waals surface area contributed by atoms with Gasteiger partial charge in [-0.25, -0.2) is 0 Å². The Morgan fingerprint density at radius 2 is 1.93 bits per heavy atom. The molecule has 0 aliphatic heterocycles. The van der Waals surface area contributed by atoms with Crippen LogP contribution in [0.15, 0.2) is 18.2 Å². The van der Waals surface area contributed by atoms with Crippen LogP contribution in [0.25, 0.3) is 0 Å². The molecular weight excluding hydrogens is 192 g/mol. The zero-order valence-electron chi connectivity index (χ0n) is 9.07. The van der Waals surface area contributed by atoms with E-state index in [9.17, 15) is 0 Å². The monoisotopic (exact) mass is 206 g/mol. The number of hydrogen-bond acceptors (Lipinski definition) is 4. The first-order chi connectivity index (χ1) is 7.26. The summed E-state index contributed by atoms with van der Waals surface area (Å²) in [6.07, 6.45) is 0. The zero-order valence-corrected chi connectivity index (χ0v) is 9.07. The number of benzene rings is 1. The first-order valence-corrected chi connectivity index (χ1v) is 4.55. The molecule has 0 amide bonds. The Kier molecular flexibility index (Phi) is 3.95. The Morgan fingerprint density at radius 1 is 1.27 bits per heavy atom. The van der Waals surface area contributed by atoms with Gasteiger partial charge in [-0.15, -0.1) is 0 Å². The molecule has 4 nitrogen and oxygen atoms in total. The molecule has 0 heterocycles. The van der Waals surface area contributed by atoms with Gasteiger partial charge in [0.25, 0.3) is 0 Å². The smallest absolute Gasteiger partial charge is 0.161 e. The van der Waals surface area contributed by atoms with Crippen molar-refractivity contribution in [2.75, 3.05) is 21.3 Å². The van der Waals surface area contributed by atoms with Gasteiger partial charge in [0.15, 0.2) is 11.5 Å². The van der Waals surface area contributed by atoms with Gasteiger partial charge < -0.3 is 14.8 Å². The topological polar surface area (TPSA) is 54.3 Å². The molecule has 1 aromatic rings. The summed E-state index contributed by atoms with van der Waals surface area (Å²) >= 11 is 0. The van der Waals surface area contributed by atoms with E-state index in [0.29, 0.717) is 11.5 Å². The second-order valence-corrected chi connectivity index (χ2v) is 2.97. The lowest BCUT2D eigenvalue weighted by Crippen LogP contribution is -2.14. The van der Waals surface area contributed by atoms with Gasteiger partial charge in [-0.3, -0.25) is 0 Å². The van der Waals surface area contributed by atoms with Crippen LogP contribution in [-0.4, -0.2) is 21.3 Å². The fourth-order valence-corrected chi connectivity index (χ4v) is 1.34. The molecule has 0 fully saturated rings. The maximum Gasteiger partial charge on any atom is 0.161 e. The van der Waals surface area contributed by atoms with Crippen LogP contribution in [0.3, 0.4) is 0 Å². The van der Waals surface area contributed by atoms with Crippen LogP contribution in [0.1, 0.15) is 11.6 Å². The first kappa shape index (κ1) is 11.3. The van der Waals surface area contributed by atoms with Crippen molar-refractivity contribution in [1.29, 1.82) is 5.26 Å². The molecule has 0 aromatic heterocycles. The molecule has 1 rings (SSSR count). The summed E-state index contributed by atoms with van der Waals surface area (Å²) in [6, 6.07) is 7.24. The number of nitriles is 1. The fraction of sp³-hybridized carbons (Fsp3) is 0.364. The molecule has 4 heteroatoms. The molecule has 0 radical (unpaired) electrons. The lowest BCUT2D eigenvalue weighted by atomic mass is 10.1. The number of nitrogens with zero attached hydrogens (tertiary/aromatic N) is 1. The minimum Gasteiger partial charge on any atom is -0.493 e. The van der Waals surface area contributed by atoms with E-state index in [1.807, 2.05) is 6.07 Å². The highest BCUT2D eigenvalue weighted by Crippen LogP contribution is 2.29. The molecule has 0 aliphatic carbocycles. The maximum atomic E-state index is 8.88. The minimum absolute atomic E-state index is 0.329. The predicted octanol–water partition coefficient (Wildman–Crippen LogP) is 1.49. The molecule has 0 saturated heterocycles. The summed E-state index contributed by atoms with van der Waals surface area (Å²) in [6.45, 7) is 0. The number of ether oxygens (including phenoxy) is 2. The number of nitrogens with one attached hydrogen (secondary N) is 1. The van der Waals surface area contributed by atoms with Crippen molar-refractivity contribution < 1.29 is 9.47 Å². The highest BCUT2D eigenvalue weighted by Gasteiger charge is 2.11. The molecular formula is C11H14N2O2. The van der Waals surface area contributed by atoms with Gasteiger partial charge >= 0.3 is 0 Å². The lowest BCUT2D eigenvalue weighted by Gasteiger charge is -2.12. The van der Waals surface area contributed by atoms with Gasteiger partial charge in [0.05, 0.1) is 20.3 Å². The van der Waals surface area contributed by atoms with Crippen LogP contribution in [0.2, 0.25) is 0 Å². The second kappa shape index (κ2) is 5.23. The van der Waals surface area contributed by atoms with Gasteiger partial charge in [0, 0.05) is 0 Å². The predicted molar refractivity (Wildman–Crippen MR) is 57.0 cm³/mol. The Bertz CT molecular complexity index is 371. The molecule has 80 valence electrons. The molecule has 1 unspecified atom stereocenters. The average Bonchev–Trinajstić information content (AvgIpc) is 2.30. The van der Waals surface area contributed by atoms with Crippen molar-refractivity contribution in [3.63, 3.8) is 0 Å². The molecule has 0 spiro atoms.